The van der Waals surface area contributed by atoms with Crippen LogP contribution in [0.2, 0.25) is 0 Å². The van der Waals surface area contributed by atoms with Crippen LogP contribution in [0.15, 0.2) is 42.5 Å². The number of para-hydroxylation sites is 1. The van der Waals surface area contributed by atoms with Gasteiger partial charge in [0.05, 0.1) is 18.5 Å². The van der Waals surface area contributed by atoms with E-state index >= 15 is 0 Å². The minimum absolute atomic E-state index is 0.377. The van der Waals surface area contributed by atoms with Crippen LogP contribution in [0.3, 0.4) is 0 Å². The zero-order valence-corrected chi connectivity index (χ0v) is 15.9. The number of carbonyl (C=O) groups is 1. The summed E-state index contributed by atoms with van der Waals surface area (Å²) in [6.45, 7) is 6.18. The lowest BCUT2D eigenvalue weighted by Gasteiger charge is -2.18. The summed E-state index contributed by atoms with van der Waals surface area (Å²) < 4.78 is 5.90. The largest absolute Gasteiger partial charge is 0.466 e. The molecule has 4 heteroatoms. The molecule has 1 N–H and O–H groups in total. The van der Waals surface area contributed by atoms with Crippen molar-refractivity contribution < 1.29 is 9.53 Å². The molecule has 2 aromatic rings. The predicted molar refractivity (Wildman–Crippen MR) is 103 cm³/mol. The average molecular weight is 421 g/mol. The molecule has 0 radical (unpaired) electrons. The molecule has 0 saturated heterocycles. The first kappa shape index (κ1) is 17.5. The molecule has 0 atom stereocenters. The van der Waals surface area contributed by atoms with Crippen LogP contribution in [-0.4, -0.2) is 13.1 Å². The van der Waals surface area contributed by atoms with Gasteiger partial charge in [-0.3, -0.25) is 0 Å². The summed E-state index contributed by atoms with van der Waals surface area (Å²) in [4.78, 5) is 11.8. The first-order chi connectivity index (χ1) is 10.9. The fraction of sp³-hybridized carbons (Fsp3) is 0.211. The molecule has 23 heavy (non-hydrogen) atoms. The number of aryl methyl sites for hydroxylation is 3. The summed E-state index contributed by atoms with van der Waals surface area (Å²) in [5.41, 5.74) is 6.18. The van der Waals surface area contributed by atoms with E-state index in [9.17, 15) is 4.79 Å². The van der Waals surface area contributed by atoms with Gasteiger partial charge >= 0.3 is 5.97 Å². The van der Waals surface area contributed by atoms with E-state index in [1.54, 1.807) is 0 Å². The molecule has 0 fully saturated rings. The average Bonchev–Trinajstić information content (AvgIpc) is 2.48. The Bertz CT molecular complexity index is 743. The number of ether oxygens (including phenoxy) is 1. The van der Waals surface area contributed by atoms with Crippen LogP contribution in [0.25, 0.3) is 5.70 Å². The number of benzene rings is 2. The molecule has 0 unspecified atom stereocenters. The summed E-state index contributed by atoms with van der Waals surface area (Å²) in [6, 6.07) is 12.2. The zero-order valence-electron chi connectivity index (χ0n) is 13.7. The lowest BCUT2D eigenvalue weighted by molar-refractivity contribution is -0.134. The van der Waals surface area contributed by atoms with E-state index in [0.29, 0.717) is 0 Å². The third kappa shape index (κ3) is 4.34. The Morgan fingerprint density at radius 3 is 2.30 bits per heavy atom. The Hall–Kier alpha value is -1.82. The monoisotopic (exact) mass is 421 g/mol. The molecule has 0 aliphatic heterocycles. The standard InChI is InChI=1S/C19H20INO2/c1-12-9-13(2)19(14(3)10-12)17(11-18(22)23-4)21-16-8-6-5-7-15(16)20/h5-11,21H,1-4H3/b17-11-. The van der Waals surface area contributed by atoms with Gasteiger partial charge < -0.3 is 10.1 Å². The number of halogens is 1. The van der Waals surface area contributed by atoms with Crippen molar-refractivity contribution in [3.8, 4) is 0 Å². The maximum atomic E-state index is 11.8. The van der Waals surface area contributed by atoms with Crippen LogP contribution in [0.1, 0.15) is 22.3 Å². The van der Waals surface area contributed by atoms with Crippen molar-refractivity contribution in [2.75, 3.05) is 12.4 Å². The number of hydrogen-bond acceptors (Lipinski definition) is 3. The summed E-state index contributed by atoms with van der Waals surface area (Å²) in [6.07, 6.45) is 1.51. The van der Waals surface area contributed by atoms with Crippen LogP contribution in [0.4, 0.5) is 5.69 Å². The van der Waals surface area contributed by atoms with Crippen LogP contribution < -0.4 is 5.32 Å². The van der Waals surface area contributed by atoms with Crippen molar-refractivity contribution in [1.29, 1.82) is 0 Å². The van der Waals surface area contributed by atoms with Crippen LogP contribution in [0.5, 0.6) is 0 Å². The van der Waals surface area contributed by atoms with Gasteiger partial charge in [-0.25, -0.2) is 4.79 Å². The van der Waals surface area contributed by atoms with Gasteiger partial charge in [-0.1, -0.05) is 29.8 Å². The Balaban J connectivity index is 2.54. The first-order valence-corrected chi connectivity index (χ1v) is 8.39. The Morgan fingerprint density at radius 1 is 1.13 bits per heavy atom. The highest BCUT2D eigenvalue weighted by Gasteiger charge is 2.13. The smallest absolute Gasteiger partial charge is 0.332 e. The molecular weight excluding hydrogens is 401 g/mol. The number of anilines is 1. The SMILES string of the molecule is COC(=O)/C=C(\Nc1ccccc1I)c1c(C)cc(C)cc1C. The maximum Gasteiger partial charge on any atom is 0.332 e. The van der Waals surface area contributed by atoms with Gasteiger partial charge in [-0.2, -0.15) is 0 Å². The van der Waals surface area contributed by atoms with Crippen molar-refractivity contribution in [3.63, 3.8) is 0 Å². The van der Waals surface area contributed by atoms with Gasteiger partial charge in [-0.15, -0.1) is 0 Å². The van der Waals surface area contributed by atoms with Crippen LogP contribution in [-0.2, 0) is 9.53 Å². The lowest BCUT2D eigenvalue weighted by atomic mass is 9.96. The van der Waals surface area contributed by atoms with Gasteiger partial charge in [0.25, 0.3) is 0 Å². The summed E-state index contributed by atoms with van der Waals surface area (Å²) in [5.74, 6) is -0.377. The molecule has 0 spiro atoms. The lowest BCUT2D eigenvalue weighted by Crippen LogP contribution is -2.08. The van der Waals surface area contributed by atoms with Crippen molar-refractivity contribution in [2.24, 2.45) is 0 Å². The molecule has 0 aromatic heterocycles. The second-order valence-electron chi connectivity index (χ2n) is 5.46. The van der Waals surface area contributed by atoms with E-state index in [-0.39, 0.29) is 5.97 Å². The zero-order chi connectivity index (χ0) is 17.0. The van der Waals surface area contributed by atoms with E-state index in [1.165, 1.54) is 18.7 Å². The van der Waals surface area contributed by atoms with Gasteiger partial charge in [0.2, 0.25) is 0 Å². The third-order valence-corrected chi connectivity index (χ3v) is 4.49. The molecule has 0 aliphatic carbocycles. The Labute approximate surface area is 150 Å². The first-order valence-electron chi connectivity index (χ1n) is 7.31. The fourth-order valence-electron chi connectivity index (χ4n) is 2.66. The maximum absolute atomic E-state index is 11.8. The number of carbonyl (C=O) groups excluding carboxylic acids is 1. The highest BCUT2D eigenvalue weighted by atomic mass is 127. The topological polar surface area (TPSA) is 38.3 Å². The van der Waals surface area contributed by atoms with E-state index in [4.69, 9.17) is 4.74 Å². The summed E-state index contributed by atoms with van der Waals surface area (Å²) >= 11 is 2.27. The van der Waals surface area contributed by atoms with E-state index in [0.717, 1.165) is 31.6 Å². The molecule has 3 nitrogen and oxygen atoms in total. The Morgan fingerprint density at radius 2 is 1.74 bits per heavy atom. The minimum atomic E-state index is -0.377. The normalized spacial score (nSPS) is 11.3. The van der Waals surface area contributed by atoms with E-state index < -0.39 is 0 Å². The fourth-order valence-corrected chi connectivity index (χ4v) is 3.18. The molecule has 0 heterocycles. The second kappa shape index (κ2) is 7.64. The van der Waals surface area contributed by atoms with E-state index in [2.05, 4.69) is 60.8 Å². The summed E-state index contributed by atoms with van der Waals surface area (Å²) in [7, 11) is 1.39. The van der Waals surface area contributed by atoms with Crippen LogP contribution in [0, 0.1) is 24.3 Å². The van der Waals surface area contributed by atoms with Gasteiger partial charge in [0, 0.05) is 15.2 Å². The molecule has 2 rings (SSSR count). The molecule has 0 amide bonds. The van der Waals surface area contributed by atoms with Crippen molar-refractivity contribution in [2.45, 2.75) is 20.8 Å². The molecule has 2 aromatic carbocycles. The number of rotatable bonds is 4. The number of nitrogens with one attached hydrogen (secondary N) is 1. The van der Waals surface area contributed by atoms with Crippen molar-refractivity contribution >= 4 is 39.9 Å². The Kier molecular flexibility index (Phi) is 5.82. The van der Waals surface area contributed by atoms with Gasteiger partial charge in [0.1, 0.15) is 0 Å². The van der Waals surface area contributed by atoms with Crippen molar-refractivity contribution in [1.82, 2.24) is 0 Å². The minimum Gasteiger partial charge on any atom is -0.466 e. The highest BCUT2D eigenvalue weighted by Crippen LogP contribution is 2.28. The molecule has 0 aliphatic rings. The van der Waals surface area contributed by atoms with Gasteiger partial charge in [0.15, 0.2) is 0 Å². The summed E-state index contributed by atoms with van der Waals surface area (Å²) in [5, 5.41) is 3.38. The molecule has 0 saturated carbocycles. The van der Waals surface area contributed by atoms with Crippen molar-refractivity contribution in [3.05, 3.63) is 68.3 Å². The number of esters is 1. The molecule has 120 valence electrons. The predicted octanol–water partition coefficient (Wildman–Crippen LogP) is 4.84. The number of methoxy groups -OCH3 is 1. The third-order valence-electron chi connectivity index (χ3n) is 3.55. The molecule has 0 bridgehead atoms. The highest BCUT2D eigenvalue weighted by molar-refractivity contribution is 14.1. The number of hydrogen-bond donors (Lipinski definition) is 1. The van der Waals surface area contributed by atoms with Crippen LogP contribution >= 0.6 is 22.6 Å². The van der Waals surface area contributed by atoms with Gasteiger partial charge in [-0.05, 0) is 66.6 Å². The molecular formula is C19H20INO2. The quantitative estimate of drug-likeness (QED) is 0.436. The van der Waals surface area contributed by atoms with E-state index in [1.807, 2.05) is 24.3 Å². The second-order valence-corrected chi connectivity index (χ2v) is 6.62.